The summed E-state index contributed by atoms with van der Waals surface area (Å²) in [5.41, 5.74) is 1.25. The third-order valence-electron chi connectivity index (χ3n) is 3.12. The molecule has 1 saturated carbocycles. The molecule has 0 atom stereocenters. The molecule has 2 N–H and O–H groups in total. The molecule has 0 heterocycles. The molecule has 1 fully saturated rings. The zero-order chi connectivity index (χ0) is 13.3. The van der Waals surface area contributed by atoms with Gasteiger partial charge in [-0.15, -0.1) is 24.0 Å². The largest absolute Gasteiger partial charge is 0.379 e. The predicted octanol–water partition coefficient (Wildman–Crippen LogP) is 2.40. The first-order valence-corrected chi connectivity index (χ1v) is 6.94. The summed E-state index contributed by atoms with van der Waals surface area (Å²) < 4.78 is 5.57. The van der Waals surface area contributed by atoms with Crippen molar-refractivity contribution >= 4 is 29.9 Å². The average molecular weight is 389 g/mol. The van der Waals surface area contributed by atoms with Crippen molar-refractivity contribution in [2.24, 2.45) is 10.9 Å². The zero-order valence-electron chi connectivity index (χ0n) is 12.0. The molecule has 0 saturated heterocycles. The highest BCUT2D eigenvalue weighted by Gasteiger charge is 2.20. The zero-order valence-corrected chi connectivity index (χ0v) is 14.3. The van der Waals surface area contributed by atoms with E-state index < -0.39 is 0 Å². The second-order valence-electron chi connectivity index (χ2n) is 4.86. The maximum absolute atomic E-state index is 5.57. The molecule has 0 unspecified atom stereocenters. The lowest BCUT2D eigenvalue weighted by Crippen LogP contribution is -2.38. The molecule has 112 valence electrons. The molecular formula is C15H24IN3O. The van der Waals surface area contributed by atoms with Crippen molar-refractivity contribution in [3.63, 3.8) is 0 Å². The number of hydrogen-bond donors (Lipinski definition) is 2. The lowest BCUT2D eigenvalue weighted by Gasteiger charge is -2.12. The Labute approximate surface area is 138 Å². The highest BCUT2D eigenvalue weighted by Crippen LogP contribution is 2.28. The van der Waals surface area contributed by atoms with Gasteiger partial charge in [-0.25, -0.2) is 0 Å². The summed E-state index contributed by atoms with van der Waals surface area (Å²) in [5.74, 6) is 1.65. The predicted molar refractivity (Wildman–Crippen MR) is 93.6 cm³/mol. The van der Waals surface area contributed by atoms with Gasteiger partial charge in [-0.1, -0.05) is 30.3 Å². The third-order valence-corrected chi connectivity index (χ3v) is 3.12. The first-order valence-electron chi connectivity index (χ1n) is 6.94. The lowest BCUT2D eigenvalue weighted by molar-refractivity contribution is 0.129. The Kier molecular flexibility index (Phi) is 8.60. The number of nitrogens with one attached hydrogen (secondary N) is 2. The van der Waals surface area contributed by atoms with Crippen LogP contribution in [0.5, 0.6) is 0 Å². The van der Waals surface area contributed by atoms with Crippen molar-refractivity contribution in [3.8, 4) is 0 Å². The molecule has 5 heteroatoms. The minimum atomic E-state index is 0. The number of rotatable bonds is 7. The summed E-state index contributed by atoms with van der Waals surface area (Å²) in [6.07, 6.45) is 2.68. The molecule has 4 nitrogen and oxygen atoms in total. The number of aliphatic imine (C=N–C) groups is 1. The maximum Gasteiger partial charge on any atom is 0.191 e. The Balaban J connectivity index is 0.00000200. The molecule has 0 spiro atoms. The van der Waals surface area contributed by atoms with Crippen LogP contribution in [0.15, 0.2) is 35.3 Å². The van der Waals surface area contributed by atoms with E-state index in [1.807, 2.05) is 18.2 Å². The van der Waals surface area contributed by atoms with Crippen LogP contribution in [0.3, 0.4) is 0 Å². The SMILES string of the molecule is CN=C(NCCOCC1CC1)NCc1ccccc1.I. The number of nitrogens with zero attached hydrogens (tertiary/aromatic N) is 1. The van der Waals surface area contributed by atoms with Gasteiger partial charge in [0.25, 0.3) is 0 Å². The highest BCUT2D eigenvalue weighted by molar-refractivity contribution is 14.0. The van der Waals surface area contributed by atoms with Crippen molar-refractivity contribution in [1.29, 1.82) is 0 Å². The number of ether oxygens (including phenoxy) is 1. The molecule has 1 aliphatic carbocycles. The summed E-state index contributed by atoms with van der Waals surface area (Å²) in [6, 6.07) is 10.3. The Morgan fingerprint density at radius 3 is 2.65 bits per heavy atom. The minimum absolute atomic E-state index is 0. The van der Waals surface area contributed by atoms with E-state index in [-0.39, 0.29) is 24.0 Å². The summed E-state index contributed by atoms with van der Waals surface area (Å²) in [7, 11) is 1.78. The number of halogens is 1. The minimum Gasteiger partial charge on any atom is -0.379 e. The monoisotopic (exact) mass is 389 g/mol. The van der Waals surface area contributed by atoms with Crippen LogP contribution in [0, 0.1) is 5.92 Å². The van der Waals surface area contributed by atoms with Crippen molar-refractivity contribution in [1.82, 2.24) is 10.6 Å². The van der Waals surface area contributed by atoms with Gasteiger partial charge in [-0.2, -0.15) is 0 Å². The standard InChI is InChI=1S/C15H23N3O.HI/c1-16-15(17-9-10-19-12-14-7-8-14)18-11-13-5-3-2-4-6-13;/h2-6,14H,7-12H2,1H3,(H2,16,17,18);1H. The van der Waals surface area contributed by atoms with Crippen LogP contribution in [-0.4, -0.2) is 32.8 Å². The van der Waals surface area contributed by atoms with Gasteiger partial charge >= 0.3 is 0 Å². The second kappa shape index (κ2) is 9.99. The Hall–Kier alpha value is -0.820. The van der Waals surface area contributed by atoms with Gasteiger partial charge in [0.2, 0.25) is 0 Å². The molecule has 2 rings (SSSR count). The van der Waals surface area contributed by atoms with Crippen molar-refractivity contribution in [3.05, 3.63) is 35.9 Å². The average Bonchev–Trinajstić information content (AvgIpc) is 3.27. The second-order valence-corrected chi connectivity index (χ2v) is 4.86. The van der Waals surface area contributed by atoms with Crippen molar-refractivity contribution in [2.45, 2.75) is 19.4 Å². The smallest absolute Gasteiger partial charge is 0.191 e. The van der Waals surface area contributed by atoms with E-state index in [0.717, 1.165) is 38.2 Å². The lowest BCUT2D eigenvalue weighted by atomic mass is 10.2. The van der Waals surface area contributed by atoms with Crippen LogP contribution >= 0.6 is 24.0 Å². The summed E-state index contributed by atoms with van der Waals surface area (Å²) in [5, 5.41) is 6.53. The number of hydrogen-bond acceptors (Lipinski definition) is 2. The fourth-order valence-electron chi connectivity index (χ4n) is 1.78. The first kappa shape index (κ1) is 17.2. The van der Waals surface area contributed by atoms with E-state index in [1.54, 1.807) is 7.05 Å². The molecule has 0 amide bonds. The summed E-state index contributed by atoms with van der Waals surface area (Å²) in [4.78, 5) is 4.19. The Morgan fingerprint density at radius 2 is 2.00 bits per heavy atom. The molecular weight excluding hydrogens is 365 g/mol. The molecule has 20 heavy (non-hydrogen) atoms. The van der Waals surface area contributed by atoms with Crippen molar-refractivity contribution in [2.75, 3.05) is 26.8 Å². The van der Waals surface area contributed by atoms with Gasteiger partial charge in [-0.05, 0) is 24.3 Å². The molecule has 0 aliphatic heterocycles. The third kappa shape index (κ3) is 7.09. The quantitative estimate of drug-likeness (QED) is 0.326. The number of benzene rings is 1. The summed E-state index contributed by atoms with van der Waals surface area (Å²) >= 11 is 0. The van der Waals surface area contributed by atoms with Gasteiger partial charge in [0.1, 0.15) is 0 Å². The number of guanidine groups is 1. The molecule has 1 aliphatic rings. The molecule has 0 radical (unpaired) electrons. The summed E-state index contributed by atoms with van der Waals surface area (Å²) in [6.45, 7) is 3.23. The topological polar surface area (TPSA) is 45.7 Å². The van der Waals surface area contributed by atoms with E-state index >= 15 is 0 Å². The van der Waals surface area contributed by atoms with E-state index in [4.69, 9.17) is 4.74 Å². The van der Waals surface area contributed by atoms with Gasteiger partial charge < -0.3 is 15.4 Å². The highest BCUT2D eigenvalue weighted by atomic mass is 127. The normalized spacial score (nSPS) is 14.6. The van der Waals surface area contributed by atoms with Gasteiger partial charge in [0.05, 0.1) is 6.61 Å². The first-order chi connectivity index (χ1) is 9.38. The van der Waals surface area contributed by atoms with Crippen LogP contribution in [0.4, 0.5) is 0 Å². The van der Waals surface area contributed by atoms with E-state index in [0.29, 0.717) is 0 Å². The van der Waals surface area contributed by atoms with Gasteiger partial charge in [0.15, 0.2) is 5.96 Å². The fourth-order valence-corrected chi connectivity index (χ4v) is 1.78. The van der Waals surface area contributed by atoms with Crippen LogP contribution in [-0.2, 0) is 11.3 Å². The van der Waals surface area contributed by atoms with Crippen molar-refractivity contribution < 1.29 is 4.74 Å². The van der Waals surface area contributed by atoms with Crippen LogP contribution in [0.25, 0.3) is 0 Å². The van der Waals surface area contributed by atoms with Gasteiger partial charge in [-0.3, -0.25) is 4.99 Å². The van der Waals surface area contributed by atoms with Crippen LogP contribution in [0.1, 0.15) is 18.4 Å². The van der Waals surface area contributed by atoms with E-state index in [1.165, 1.54) is 18.4 Å². The molecule has 1 aromatic carbocycles. The molecule has 0 aromatic heterocycles. The Bertz CT molecular complexity index is 393. The maximum atomic E-state index is 5.57. The van der Waals surface area contributed by atoms with E-state index in [9.17, 15) is 0 Å². The molecule has 1 aromatic rings. The van der Waals surface area contributed by atoms with Crippen LogP contribution in [0.2, 0.25) is 0 Å². The molecule has 0 bridgehead atoms. The van der Waals surface area contributed by atoms with E-state index in [2.05, 4.69) is 27.8 Å². The van der Waals surface area contributed by atoms with Gasteiger partial charge in [0, 0.05) is 26.7 Å². The van der Waals surface area contributed by atoms with Crippen LogP contribution < -0.4 is 10.6 Å². The Morgan fingerprint density at radius 1 is 1.25 bits per heavy atom. The fraction of sp³-hybridized carbons (Fsp3) is 0.533.